The van der Waals surface area contributed by atoms with Crippen LogP contribution in [0.2, 0.25) is 0 Å². The normalized spacial score (nSPS) is 20.4. The van der Waals surface area contributed by atoms with E-state index in [9.17, 15) is 5.11 Å². The van der Waals surface area contributed by atoms with Crippen LogP contribution in [0.4, 0.5) is 0 Å². The van der Waals surface area contributed by atoms with Crippen LogP contribution in [0.5, 0.6) is 11.5 Å². The Morgan fingerprint density at radius 2 is 1.94 bits per heavy atom. The molecule has 3 heteroatoms. The fraction of sp³-hybridized carbons (Fsp3) is 0.571. The minimum atomic E-state index is -0.371. The molecule has 0 saturated heterocycles. The van der Waals surface area contributed by atoms with Crippen LogP contribution in [0.25, 0.3) is 0 Å². The summed E-state index contributed by atoms with van der Waals surface area (Å²) < 4.78 is 11.8. The van der Waals surface area contributed by atoms with Gasteiger partial charge in [-0.1, -0.05) is 19.9 Å². The van der Waals surface area contributed by atoms with Crippen molar-refractivity contribution >= 4 is 0 Å². The molecule has 1 N–H and O–H groups in total. The molecule has 0 radical (unpaired) electrons. The van der Waals surface area contributed by atoms with Gasteiger partial charge in [0.15, 0.2) is 11.5 Å². The second-order valence-electron chi connectivity index (χ2n) is 5.67. The predicted molar refractivity (Wildman–Crippen MR) is 64.4 cm³/mol. The summed E-state index contributed by atoms with van der Waals surface area (Å²) in [7, 11) is 0. The molecule has 0 bridgehead atoms. The van der Waals surface area contributed by atoms with Crippen molar-refractivity contribution in [1.29, 1.82) is 0 Å². The second-order valence-corrected chi connectivity index (χ2v) is 5.67. The summed E-state index contributed by atoms with van der Waals surface area (Å²) in [6.07, 6.45) is 3.11. The van der Waals surface area contributed by atoms with Crippen LogP contribution >= 0.6 is 0 Å². The van der Waals surface area contributed by atoms with Gasteiger partial charge >= 0.3 is 0 Å². The van der Waals surface area contributed by atoms with Crippen molar-refractivity contribution in [3.05, 3.63) is 23.8 Å². The zero-order valence-corrected chi connectivity index (χ0v) is 10.3. The fourth-order valence-electron chi connectivity index (χ4n) is 2.28. The van der Waals surface area contributed by atoms with Gasteiger partial charge in [-0.15, -0.1) is 0 Å². The lowest BCUT2D eigenvalue weighted by molar-refractivity contribution is -0.138. The summed E-state index contributed by atoms with van der Waals surface area (Å²) >= 11 is 0. The van der Waals surface area contributed by atoms with Crippen LogP contribution in [0.3, 0.4) is 0 Å². The van der Waals surface area contributed by atoms with Crippen molar-refractivity contribution in [3.8, 4) is 11.5 Å². The molecule has 1 spiro atoms. The van der Waals surface area contributed by atoms with Crippen molar-refractivity contribution in [2.24, 2.45) is 0 Å². The number of fused-ring (bicyclic) bond motifs is 1. The quantitative estimate of drug-likeness (QED) is 0.854. The highest BCUT2D eigenvalue weighted by atomic mass is 16.7. The van der Waals surface area contributed by atoms with Gasteiger partial charge in [-0.05, 0) is 24.1 Å². The Balaban J connectivity index is 1.92. The largest absolute Gasteiger partial charge is 0.448 e. The Kier molecular flexibility index (Phi) is 2.17. The smallest absolute Gasteiger partial charge is 0.251 e. The molecular weight excluding hydrogens is 216 g/mol. The highest BCUT2D eigenvalue weighted by Crippen LogP contribution is 2.49. The third kappa shape index (κ3) is 1.61. The molecule has 1 aliphatic heterocycles. The van der Waals surface area contributed by atoms with E-state index in [0.717, 1.165) is 29.9 Å². The SMILES string of the molecule is CC(C)(CO)c1ccc2c(c1)OC1(CCC1)O2. The summed E-state index contributed by atoms with van der Waals surface area (Å²) in [5, 5.41) is 9.38. The number of benzene rings is 1. The van der Waals surface area contributed by atoms with E-state index in [-0.39, 0.29) is 17.8 Å². The Bertz CT molecular complexity index is 447. The van der Waals surface area contributed by atoms with Crippen molar-refractivity contribution in [3.63, 3.8) is 0 Å². The minimum Gasteiger partial charge on any atom is -0.448 e. The zero-order chi connectivity index (χ0) is 12.1. The highest BCUT2D eigenvalue weighted by molar-refractivity contribution is 5.48. The third-order valence-electron chi connectivity index (χ3n) is 3.83. The van der Waals surface area contributed by atoms with Crippen molar-refractivity contribution < 1.29 is 14.6 Å². The zero-order valence-electron chi connectivity index (χ0n) is 10.3. The molecule has 1 aliphatic carbocycles. The van der Waals surface area contributed by atoms with Crippen molar-refractivity contribution in [2.45, 2.75) is 44.3 Å². The van der Waals surface area contributed by atoms with Crippen LogP contribution in [0.1, 0.15) is 38.7 Å². The monoisotopic (exact) mass is 234 g/mol. The van der Waals surface area contributed by atoms with E-state index in [4.69, 9.17) is 9.47 Å². The summed E-state index contributed by atoms with van der Waals surface area (Å²) in [5.74, 6) is 1.29. The minimum absolute atomic E-state index is 0.123. The average Bonchev–Trinajstić information content (AvgIpc) is 2.67. The molecule has 3 nitrogen and oxygen atoms in total. The van der Waals surface area contributed by atoms with Gasteiger partial charge in [0.25, 0.3) is 5.79 Å². The van der Waals surface area contributed by atoms with Gasteiger partial charge in [0.05, 0.1) is 6.61 Å². The number of ether oxygens (including phenoxy) is 2. The Labute approximate surface area is 101 Å². The summed E-state index contributed by atoms with van der Waals surface area (Å²) in [6, 6.07) is 5.96. The molecule has 0 amide bonds. The first-order valence-corrected chi connectivity index (χ1v) is 6.18. The van der Waals surface area contributed by atoms with E-state index in [0.29, 0.717) is 0 Å². The highest BCUT2D eigenvalue weighted by Gasteiger charge is 2.47. The standard InChI is InChI=1S/C14H18O3/c1-13(2,9-15)10-4-5-11-12(8-10)17-14(16-11)6-3-7-14/h4-5,8,15H,3,6-7,9H2,1-2H3. The molecule has 92 valence electrons. The summed E-state index contributed by atoms with van der Waals surface area (Å²) in [5.41, 5.74) is 0.840. The van der Waals surface area contributed by atoms with Gasteiger partial charge in [-0.3, -0.25) is 0 Å². The van der Waals surface area contributed by atoms with Crippen LogP contribution in [-0.4, -0.2) is 17.5 Å². The second kappa shape index (κ2) is 3.39. The number of aliphatic hydroxyl groups is 1. The van der Waals surface area contributed by atoms with Crippen LogP contribution in [-0.2, 0) is 5.41 Å². The Morgan fingerprint density at radius 3 is 2.53 bits per heavy atom. The fourth-order valence-corrected chi connectivity index (χ4v) is 2.28. The summed E-state index contributed by atoms with van der Waals surface area (Å²) in [4.78, 5) is 0. The Hall–Kier alpha value is -1.22. The molecule has 0 unspecified atom stereocenters. The maximum absolute atomic E-state index is 9.38. The molecule has 1 aromatic carbocycles. The number of hydrogen-bond donors (Lipinski definition) is 1. The first-order valence-electron chi connectivity index (χ1n) is 6.18. The molecule has 3 rings (SSSR count). The third-order valence-corrected chi connectivity index (χ3v) is 3.83. The predicted octanol–water partition coefficient (Wildman–Crippen LogP) is 2.61. The van der Waals surface area contributed by atoms with Gasteiger partial charge in [-0.2, -0.15) is 0 Å². The van der Waals surface area contributed by atoms with E-state index in [2.05, 4.69) is 0 Å². The lowest BCUT2D eigenvalue weighted by Crippen LogP contribution is -2.45. The van der Waals surface area contributed by atoms with Crippen LogP contribution < -0.4 is 9.47 Å². The average molecular weight is 234 g/mol. The lowest BCUT2D eigenvalue weighted by Gasteiger charge is -2.35. The van der Waals surface area contributed by atoms with Crippen molar-refractivity contribution in [1.82, 2.24) is 0 Å². The molecule has 17 heavy (non-hydrogen) atoms. The molecule has 2 aliphatic rings. The topological polar surface area (TPSA) is 38.7 Å². The molecule has 0 atom stereocenters. The maximum atomic E-state index is 9.38. The van der Waals surface area contributed by atoms with Crippen LogP contribution in [0.15, 0.2) is 18.2 Å². The van der Waals surface area contributed by atoms with E-state index in [1.54, 1.807) is 0 Å². The molecule has 1 aromatic rings. The van der Waals surface area contributed by atoms with Crippen LogP contribution in [0, 0.1) is 0 Å². The van der Waals surface area contributed by atoms with Gasteiger partial charge in [-0.25, -0.2) is 0 Å². The molecule has 1 heterocycles. The molecule has 1 saturated carbocycles. The van der Waals surface area contributed by atoms with Gasteiger partial charge in [0.2, 0.25) is 0 Å². The number of hydrogen-bond acceptors (Lipinski definition) is 3. The van der Waals surface area contributed by atoms with Gasteiger partial charge < -0.3 is 14.6 Å². The molecule has 0 aromatic heterocycles. The molecule has 1 fully saturated rings. The Morgan fingerprint density at radius 1 is 1.24 bits per heavy atom. The van der Waals surface area contributed by atoms with E-state index >= 15 is 0 Å². The van der Waals surface area contributed by atoms with E-state index in [1.165, 1.54) is 6.42 Å². The number of aliphatic hydroxyl groups excluding tert-OH is 1. The lowest BCUT2D eigenvalue weighted by atomic mass is 9.85. The van der Waals surface area contributed by atoms with E-state index < -0.39 is 0 Å². The number of rotatable bonds is 2. The van der Waals surface area contributed by atoms with Crippen molar-refractivity contribution in [2.75, 3.05) is 6.61 Å². The first-order chi connectivity index (χ1) is 8.05. The van der Waals surface area contributed by atoms with E-state index in [1.807, 2.05) is 32.0 Å². The summed E-state index contributed by atoms with van der Waals surface area (Å²) in [6.45, 7) is 4.16. The molecular formula is C14H18O3. The first kappa shape index (κ1) is 10.9. The van der Waals surface area contributed by atoms with Gasteiger partial charge in [0.1, 0.15) is 0 Å². The maximum Gasteiger partial charge on any atom is 0.251 e. The van der Waals surface area contributed by atoms with Gasteiger partial charge in [0, 0.05) is 18.3 Å².